The Labute approximate surface area is 136 Å². The molecule has 1 aliphatic heterocycles. The van der Waals surface area contributed by atoms with Gasteiger partial charge in [0.25, 0.3) is 0 Å². The number of morpholine rings is 1. The number of hydrogen-bond donors (Lipinski definition) is 2. The van der Waals surface area contributed by atoms with Gasteiger partial charge in [0.1, 0.15) is 11.8 Å². The predicted molar refractivity (Wildman–Crippen MR) is 88.5 cm³/mol. The van der Waals surface area contributed by atoms with Gasteiger partial charge in [0.15, 0.2) is 0 Å². The molecule has 1 fully saturated rings. The molecule has 2 unspecified atom stereocenters. The van der Waals surface area contributed by atoms with E-state index >= 15 is 0 Å². The number of amides is 1. The first-order valence-electron chi connectivity index (χ1n) is 7.55. The van der Waals surface area contributed by atoms with Crippen LogP contribution in [0.15, 0.2) is 29.2 Å². The monoisotopic (exact) mass is 324 g/mol. The molecule has 2 atom stereocenters. The number of methoxy groups -OCH3 is 1. The van der Waals surface area contributed by atoms with Crippen LogP contribution in [-0.4, -0.2) is 51.1 Å². The molecular formula is C16H24N2O3S. The summed E-state index contributed by atoms with van der Waals surface area (Å²) in [4.78, 5) is 13.1. The number of carbonyl (C=O) groups excluding carboxylic acids is 1. The van der Waals surface area contributed by atoms with E-state index in [0.717, 1.165) is 22.9 Å². The first kappa shape index (κ1) is 17.1. The van der Waals surface area contributed by atoms with E-state index in [9.17, 15) is 4.79 Å². The summed E-state index contributed by atoms with van der Waals surface area (Å²) >= 11 is 1.75. The Morgan fingerprint density at radius 3 is 3.09 bits per heavy atom. The maximum absolute atomic E-state index is 12.0. The van der Waals surface area contributed by atoms with Crippen LogP contribution in [0.3, 0.4) is 0 Å². The molecule has 0 aliphatic carbocycles. The number of para-hydroxylation sites is 1. The summed E-state index contributed by atoms with van der Waals surface area (Å²) in [6.07, 6.45) is 0. The normalized spacial score (nSPS) is 19.5. The van der Waals surface area contributed by atoms with Gasteiger partial charge in [0.05, 0.1) is 20.3 Å². The van der Waals surface area contributed by atoms with Crippen LogP contribution in [0.5, 0.6) is 5.75 Å². The zero-order valence-electron chi connectivity index (χ0n) is 13.1. The molecule has 0 bridgehead atoms. The second-order valence-corrected chi connectivity index (χ2v) is 6.46. The quantitative estimate of drug-likeness (QED) is 0.745. The fourth-order valence-corrected chi connectivity index (χ4v) is 3.21. The zero-order chi connectivity index (χ0) is 15.8. The molecule has 0 saturated carbocycles. The second-order valence-electron chi connectivity index (χ2n) is 5.39. The maximum Gasteiger partial charge on any atom is 0.239 e. The van der Waals surface area contributed by atoms with Crippen molar-refractivity contribution in [1.82, 2.24) is 10.6 Å². The van der Waals surface area contributed by atoms with Crippen molar-refractivity contribution in [1.29, 1.82) is 0 Å². The van der Waals surface area contributed by atoms with E-state index in [1.807, 2.05) is 18.2 Å². The summed E-state index contributed by atoms with van der Waals surface area (Å²) in [5.41, 5.74) is 0. The van der Waals surface area contributed by atoms with E-state index < -0.39 is 0 Å². The van der Waals surface area contributed by atoms with Crippen LogP contribution in [0.25, 0.3) is 0 Å². The molecule has 1 aromatic carbocycles. The summed E-state index contributed by atoms with van der Waals surface area (Å²) in [6.45, 7) is 4.66. The van der Waals surface area contributed by atoms with Crippen LogP contribution in [0.4, 0.5) is 0 Å². The number of hydrogen-bond acceptors (Lipinski definition) is 5. The molecule has 1 heterocycles. The highest BCUT2D eigenvalue weighted by Gasteiger charge is 2.21. The highest BCUT2D eigenvalue weighted by Crippen LogP contribution is 2.29. The number of carbonyl (C=O) groups is 1. The minimum absolute atomic E-state index is 0.0221. The lowest BCUT2D eigenvalue weighted by Gasteiger charge is -2.23. The van der Waals surface area contributed by atoms with Crippen molar-refractivity contribution in [2.75, 3.05) is 39.2 Å². The second kappa shape index (κ2) is 9.02. The molecule has 6 heteroatoms. The van der Waals surface area contributed by atoms with Gasteiger partial charge in [0, 0.05) is 23.7 Å². The van der Waals surface area contributed by atoms with Crippen LogP contribution in [0.1, 0.15) is 6.92 Å². The Morgan fingerprint density at radius 1 is 1.55 bits per heavy atom. The molecule has 0 aromatic heterocycles. The Kier molecular flexibility index (Phi) is 7.02. The van der Waals surface area contributed by atoms with Gasteiger partial charge in [-0.25, -0.2) is 0 Å². The van der Waals surface area contributed by atoms with Crippen molar-refractivity contribution in [2.24, 2.45) is 5.92 Å². The minimum atomic E-state index is -0.220. The maximum atomic E-state index is 12.0. The van der Waals surface area contributed by atoms with Gasteiger partial charge in [-0.3, -0.25) is 4.79 Å². The Morgan fingerprint density at radius 2 is 2.36 bits per heavy atom. The zero-order valence-corrected chi connectivity index (χ0v) is 13.9. The fourth-order valence-electron chi connectivity index (χ4n) is 2.16. The lowest BCUT2D eigenvalue weighted by Crippen LogP contribution is -2.51. The van der Waals surface area contributed by atoms with Gasteiger partial charge in [-0.05, 0) is 18.1 Å². The minimum Gasteiger partial charge on any atom is -0.496 e. The highest BCUT2D eigenvalue weighted by atomic mass is 32.2. The van der Waals surface area contributed by atoms with Gasteiger partial charge in [0.2, 0.25) is 5.91 Å². The average molecular weight is 324 g/mol. The number of nitrogens with one attached hydrogen (secondary N) is 2. The van der Waals surface area contributed by atoms with Crippen LogP contribution >= 0.6 is 11.8 Å². The Bertz CT molecular complexity index is 478. The fraction of sp³-hybridized carbons (Fsp3) is 0.562. The summed E-state index contributed by atoms with van der Waals surface area (Å²) in [5.74, 6) is 2.22. The summed E-state index contributed by atoms with van der Waals surface area (Å²) < 4.78 is 10.6. The molecule has 1 amide bonds. The molecule has 5 nitrogen and oxygen atoms in total. The van der Waals surface area contributed by atoms with Crippen molar-refractivity contribution >= 4 is 17.7 Å². The van der Waals surface area contributed by atoms with E-state index in [0.29, 0.717) is 25.7 Å². The highest BCUT2D eigenvalue weighted by molar-refractivity contribution is 7.99. The number of benzene rings is 1. The molecule has 0 spiro atoms. The lowest BCUT2D eigenvalue weighted by molar-refractivity contribution is -0.126. The molecule has 0 radical (unpaired) electrons. The van der Waals surface area contributed by atoms with Gasteiger partial charge in [-0.1, -0.05) is 19.1 Å². The van der Waals surface area contributed by atoms with Crippen molar-refractivity contribution in [3.05, 3.63) is 24.3 Å². The third-order valence-electron chi connectivity index (χ3n) is 3.46. The molecule has 2 N–H and O–H groups in total. The topological polar surface area (TPSA) is 59.6 Å². The van der Waals surface area contributed by atoms with Gasteiger partial charge < -0.3 is 20.1 Å². The van der Waals surface area contributed by atoms with E-state index in [-0.39, 0.29) is 11.9 Å². The summed E-state index contributed by atoms with van der Waals surface area (Å²) in [5, 5.41) is 6.15. The average Bonchev–Trinajstić information content (AvgIpc) is 2.58. The Hall–Kier alpha value is -1.24. The van der Waals surface area contributed by atoms with Gasteiger partial charge >= 0.3 is 0 Å². The number of thioether (sulfide) groups is 1. The van der Waals surface area contributed by atoms with E-state index in [4.69, 9.17) is 9.47 Å². The number of rotatable bonds is 7. The van der Waals surface area contributed by atoms with E-state index in [1.54, 1.807) is 18.9 Å². The molecule has 1 aromatic rings. The van der Waals surface area contributed by atoms with Crippen molar-refractivity contribution in [3.63, 3.8) is 0 Å². The molecule has 2 rings (SSSR count). The molecular weight excluding hydrogens is 300 g/mol. The standard InChI is InChI=1S/C16H24N2O3S/c1-12(9-18-16(19)13-10-21-8-7-17-13)11-22-15-6-4-3-5-14(15)20-2/h3-6,12-13,17H,7-11H2,1-2H3,(H,18,19). The molecule has 1 saturated heterocycles. The third kappa shape index (κ3) is 5.19. The molecule has 1 aliphatic rings. The van der Waals surface area contributed by atoms with Crippen LogP contribution < -0.4 is 15.4 Å². The van der Waals surface area contributed by atoms with Crippen LogP contribution in [-0.2, 0) is 9.53 Å². The van der Waals surface area contributed by atoms with Gasteiger partial charge in [-0.15, -0.1) is 11.8 Å². The predicted octanol–water partition coefficient (Wildman–Crippen LogP) is 1.53. The van der Waals surface area contributed by atoms with E-state index in [2.05, 4.69) is 23.6 Å². The lowest BCUT2D eigenvalue weighted by atomic mass is 10.2. The molecule has 22 heavy (non-hydrogen) atoms. The largest absolute Gasteiger partial charge is 0.496 e. The third-order valence-corrected chi connectivity index (χ3v) is 4.84. The van der Waals surface area contributed by atoms with Crippen LogP contribution in [0, 0.1) is 5.92 Å². The van der Waals surface area contributed by atoms with Crippen molar-refractivity contribution in [3.8, 4) is 5.75 Å². The van der Waals surface area contributed by atoms with E-state index in [1.165, 1.54) is 0 Å². The smallest absolute Gasteiger partial charge is 0.239 e. The van der Waals surface area contributed by atoms with Gasteiger partial charge in [-0.2, -0.15) is 0 Å². The summed E-state index contributed by atoms with van der Waals surface area (Å²) in [6, 6.07) is 7.77. The summed E-state index contributed by atoms with van der Waals surface area (Å²) in [7, 11) is 1.68. The van der Waals surface area contributed by atoms with Crippen molar-refractivity contribution in [2.45, 2.75) is 17.9 Å². The number of ether oxygens (including phenoxy) is 2. The SMILES string of the molecule is COc1ccccc1SCC(C)CNC(=O)C1COCCN1. The Balaban J connectivity index is 1.71. The molecule has 122 valence electrons. The van der Waals surface area contributed by atoms with Crippen molar-refractivity contribution < 1.29 is 14.3 Å². The first-order valence-corrected chi connectivity index (χ1v) is 8.54. The first-order chi connectivity index (χ1) is 10.7. The van der Waals surface area contributed by atoms with Crippen LogP contribution in [0.2, 0.25) is 0 Å².